The molecule has 0 bridgehead atoms. The van der Waals surface area contributed by atoms with Crippen molar-refractivity contribution in [1.29, 1.82) is 0 Å². The van der Waals surface area contributed by atoms with E-state index in [1.54, 1.807) is 24.4 Å². The number of nitrogens with two attached hydrogens (primary N) is 1. The van der Waals surface area contributed by atoms with Gasteiger partial charge in [-0.05, 0) is 25.1 Å². The molecule has 0 aliphatic carbocycles. The van der Waals surface area contributed by atoms with Crippen LogP contribution in [0.2, 0.25) is 0 Å². The van der Waals surface area contributed by atoms with E-state index in [1.807, 2.05) is 25.1 Å². The van der Waals surface area contributed by atoms with Crippen molar-refractivity contribution < 1.29 is 4.39 Å². The monoisotopic (exact) mass is 230 g/mol. The normalized spacial score (nSPS) is 14.3. The van der Waals surface area contributed by atoms with Crippen LogP contribution in [0.1, 0.15) is 18.2 Å². The zero-order valence-electron chi connectivity index (χ0n) is 9.73. The van der Waals surface area contributed by atoms with Crippen molar-refractivity contribution in [1.82, 2.24) is 4.98 Å². The van der Waals surface area contributed by atoms with Crippen molar-refractivity contribution >= 4 is 0 Å². The number of halogens is 1. The molecule has 3 heteroatoms. The summed E-state index contributed by atoms with van der Waals surface area (Å²) < 4.78 is 13.7. The molecule has 2 rings (SSSR count). The van der Waals surface area contributed by atoms with Crippen LogP contribution < -0.4 is 5.73 Å². The van der Waals surface area contributed by atoms with Gasteiger partial charge >= 0.3 is 0 Å². The largest absolute Gasteiger partial charge is 0.321 e. The second kappa shape index (κ2) is 4.63. The van der Waals surface area contributed by atoms with Crippen molar-refractivity contribution in [2.45, 2.75) is 18.9 Å². The number of hydrogen-bond donors (Lipinski definition) is 1. The lowest BCUT2D eigenvalue weighted by Gasteiger charge is -2.25. The molecule has 88 valence electrons. The average Bonchev–Trinajstić information content (AvgIpc) is 2.30. The highest BCUT2D eigenvalue weighted by Gasteiger charge is 2.25. The van der Waals surface area contributed by atoms with Gasteiger partial charge < -0.3 is 5.73 Å². The summed E-state index contributed by atoms with van der Waals surface area (Å²) in [5.74, 6) is -0.270. The first kappa shape index (κ1) is 11.7. The highest BCUT2D eigenvalue weighted by atomic mass is 19.1. The molecule has 1 atom stereocenters. The van der Waals surface area contributed by atoms with E-state index in [1.165, 1.54) is 6.07 Å². The molecule has 1 unspecified atom stereocenters. The Bertz CT molecular complexity index is 495. The maximum absolute atomic E-state index is 13.7. The Morgan fingerprint density at radius 1 is 1.18 bits per heavy atom. The number of pyridine rings is 1. The van der Waals surface area contributed by atoms with E-state index in [9.17, 15) is 4.39 Å². The van der Waals surface area contributed by atoms with Crippen LogP contribution in [-0.4, -0.2) is 4.98 Å². The van der Waals surface area contributed by atoms with Crippen molar-refractivity contribution in [3.05, 3.63) is 65.7 Å². The fourth-order valence-corrected chi connectivity index (χ4v) is 1.90. The highest BCUT2D eigenvalue weighted by molar-refractivity contribution is 5.27. The van der Waals surface area contributed by atoms with Gasteiger partial charge in [-0.25, -0.2) is 4.39 Å². The Labute approximate surface area is 100 Å². The van der Waals surface area contributed by atoms with Gasteiger partial charge in [0, 0.05) is 29.4 Å². The van der Waals surface area contributed by atoms with Gasteiger partial charge in [0.1, 0.15) is 5.82 Å². The molecule has 0 aliphatic heterocycles. The quantitative estimate of drug-likeness (QED) is 0.880. The summed E-state index contributed by atoms with van der Waals surface area (Å²) in [5, 5.41) is 0. The van der Waals surface area contributed by atoms with Crippen LogP contribution in [0.4, 0.5) is 4.39 Å². The SMILES string of the molecule is CC(N)(Cc1ccccn1)c1ccccc1F. The first-order valence-electron chi connectivity index (χ1n) is 5.53. The lowest BCUT2D eigenvalue weighted by Crippen LogP contribution is -2.36. The summed E-state index contributed by atoms with van der Waals surface area (Å²) in [6.45, 7) is 1.82. The smallest absolute Gasteiger partial charge is 0.128 e. The Balaban J connectivity index is 2.28. The summed E-state index contributed by atoms with van der Waals surface area (Å²) in [5.41, 5.74) is 6.82. The van der Waals surface area contributed by atoms with Crippen LogP contribution in [-0.2, 0) is 12.0 Å². The highest BCUT2D eigenvalue weighted by Crippen LogP contribution is 2.24. The topological polar surface area (TPSA) is 38.9 Å². The molecule has 1 aromatic heterocycles. The van der Waals surface area contributed by atoms with E-state index >= 15 is 0 Å². The maximum atomic E-state index is 13.7. The first-order valence-corrected chi connectivity index (χ1v) is 5.53. The predicted molar refractivity (Wildman–Crippen MR) is 65.9 cm³/mol. The number of nitrogens with zero attached hydrogens (tertiary/aromatic N) is 1. The maximum Gasteiger partial charge on any atom is 0.128 e. The number of benzene rings is 1. The molecule has 0 saturated heterocycles. The second-order valence-corrected chi connectivity index (χ2v) is 4.40. The van der Waals surface area contributed by atoms with Crippen molar-refractivity contribution in [2.75, 3.05) is 0 Å². The Morgan fingerprint density at radius 3 is 2.53 bits per heavy atom. The summed E-state index contributed by atoms with van der Waals surface area (Å²) in [4.78, 5) is 4.22. The van der Waals surface area contributed by atoms with Crippen LogP contribution in [0.25, 0.3) is 0 Å². The molecule has 1 aromatic carbocycles. The van der Waals surface area contributed by atoms with Gasteiger partial charge in [-0.1, -0.05) is 24.3 Å². The van der Waals surface area contributed by atoms with Gasteiger partial charge in [-0.2, -0.15) is 0 Å². The number of rotatable bonds is 3. The molecule has 0 radical (unpaired) electrons. The molecule has 1 heterocycles. The lowest BCUT2D eigenvalue weighted by atomic mass is 9.88. The first-order chi connectivity index (χ1) is 8.09. The standard InChI is InChI=1S/C14H15FN2/c1-14(16,10-11-6-4-5-9-17-11)12-7-2-3-8-13(12)15/h2-9H,10,16H2,1H3. The Morgan fingerprint density at radius 2 is 1.88 bits per heavy atom. The molecule has 0 saturated carbocycles. The van der Waals surface area contributed by atoms with E-state index in [4.69, 9.17) is 5.73 Å². The van der Waals surface area contributed by atoms with Crippen molar-refractivity contribution in [3.63, 3.8) is 0 Å². The van der Waals surface area contributed by atoms with Crippen molar-refractivity contribution in [2.24, 2.45) is 5.73 Å². The van der Waals surface area contributed by atoms with Crippen LogP contribution >= 0.6 is 0 Å². The summed E-state index contributed by atoms with van der Waals surface area (Å²) in [7, 11) is 0. The molecular formula is C14H15FN2. The fourth-order valence-electron chi connectivity index (χ4n) is 1.90. The molecule has 2 aromatic rings. The third-order valence-corrected chi connectivity index (χ3v) is 2.76. The molecule has 2 N–H and O–H groups in total. The predicted octanol–water partition coefficient (Wildman–Crippen LogP) is 2.64. The van der Waals surface area contributed by atoms with Gasteiger partial charge in [-0.3, -0.25) is 4.98 Å². The molecule has 2 nitrogen and oxygen atoms in total. The Kier molecular flexibility index (Phi) is 3.20. The van der Waals surface area contributed by atoms with E-state index in [2.05, 4.69) is 4.98 Å². The van der Waals surface area contributed by atoms with Gasteiger partial charge in [0.25, 0.3) is 0 Å². The van der Waals surface area contributed by atoms with E-state index < -0.39 is 5.54 Å². The minimum atomic E-state index is -0.750. The summed E-state index contributed by atoms with van der Waals surface area (Å²) >= 11 is 0. The summed E-state index contributed by atoms with van der Waals surface area (Å²) in [6, 6.07) is 12.3. The van der Waals surface area contributed by atoms with E-state index in [-0.39, 0.29) is 5.82 Å². The Hall–Kier alpha value is -1.74. The minimum Gasteiger partial charge on any atom is -0.321 e. The minimum absolute atomic E-state index is 0.270. The van der Waals surface area contributed by atoms with E-state index in [0.717, 1.165) is 5.69 Å². The van der Waals surface area contributed by atoms with Gasteiger partial charge in [-0.15, -0.1) is 0 Å². The van der Waals surface area contributed by atoms with Gasteiger partial charge in [0.2, 0.25) is 0 Å². The molecule has 0 aliphatic rings. The number of hydrogen-bond acceptors (Lipinski definition) is 2. The molecule has 17 heavy (non-hydrogen) atoms. The van der Waals surface area contributed by atoms with Crippen molar-refractivity contribution in [3.8, 4) is 0 Å². The zero-order valence-corrected chi connectivity index (χ0v) is 9.73. The van der Waals surface area contributed by atoms with Gasteiger partial charge in [0.05, 0.1) is 0 Å². The fraction of sp³-hybridized carbons (Fsp3) is 0.214. The zero-order chi connectivity index (χ0) is 12.3. The third-order valence-electron chi connectivity index (χ3n) is 2.76. The molecule has 0 amide bonds. The van der Waals surface area contributed by atoms with Crippen LogP contribution in [0.3, 0.4) is 0 Å². The molecule has 0 fully saturated rings. The van der Waals surface area contributed by atoms with E-state index in [0.29, 0.717) is 12.0 Å². The summed E-state index contributed by atoms with van der Waals surface area (Å²) in [6.07, 6.45) is 2.22. The molecule has 0 spiro atoms. The van der Waals surface area contributed by atoms with Crippen LogP contribution in [0.5, 0.6) is 0 Å². The van der Waals surface area contributed by atoms with Crippen LogP contribution in [0.15, 0.2) is 48.7 Å². The average molecular weight is 230 g/mol. The number of aromatic nitrogens is 1. The third kappa shape index (κ3) is 2.68. The second-order valence-electron chi connectivity index (χ2n) is 4.40. The van der Waals surface area contributed by atoms with Crippen LogP contribution in [0, 0.1) is 5.82 Å². The lowest BCUT2D eigenvalue weighted by molar-refractivity contribution is 0.453. The molecular weight excluding hydrogens is 215 g/mol. The van der Waals surface area contributed by atoms with Gasteiger partial charge in [0.15, 0.2) is 0 Å².